The predicted molar refractivity (Wildman–Crippen MR) is 73.4 cm³/mol. The average Bonchev–Trinajstić information content (AvgIpc) is 2.34. The zero-order chi connectivity index (χ0) is 12.7. The monoisotopic (exact) mass is 242 g/mol. The molecule has 0 saturated carbocycles. The van der Waals surface area contributed by atoms with Gasteiger partial charge in [-0.2, -0.15) is 0 Å². The van der Waals surface area contributed by atoms with Crippen molar-refractivity contribution in [1.29, 1.82) is 0 Å². The Kier molecular flexibility index (Phi) is 7.09. The van der Waals surface area contributed by atoms with Crippen LogP contribution >= 0.6 is 0 Å². The van der Waals surface area contributed by atoms with Crippen molar-refractivity contribution in [3.8, 4) is 0 Å². The van der Waals surface area contributed by atoms with Gasteiger partial charge in [-0.15, -0.1) is 0 Å². The van der Waals surface area contributed by atoms with E-state index >= 15 is 0 Å². The van der Waals surface area contributed by atoms with Crippen LogP contribution in [0.25, 0.3) is 0 Å². The first-order chi connectivity index (χ1) is 8.17. The quantitative estimate of drug-likeness (QED) is 0.741. The summed E-state index contributed by atoms with van der Waals surface area (Å²) in [6.07, 6.45) is 4.06. The summed E-state index contributed by atoms with van der Waals surface area (Å²) in [5, 5.41) is 3.56. The second-order valence-electron chi connectivity index (χ2n) is 5.34. The smallest absolute Gasteiger partial charge is 0.0674 e. The molecule has 1 rings (SSSR count). The molecule has 3 heteroatoms. The Balaban J connectivity index is 2.27. The van der Waals surface area contributed by atoms with Gasteiger partial charge in [0.1, 0.15) is 0 Å². The van der Waals surface area contributed by atoms with Crippen LogP contribution in [0.2, 0.25) is 0 Å². The first-order valence-corrected chi connectivity index (χ1v) is 7.26. The van der Waals surface area contributed by atoms with Crippen molar-refractivity contribution < 1.29 is 4.74 Å². The van der Waals surface area contributed by atoms with Gasteiger partial charge < -0.3 is 10.1 Å². The van der Waals surface area contributed by atoms with E-state index in [2.05, 4.69) is 37.9 Å². The third-order valence-electron chi connectivity index (χ3n) is 3.64. The highest BCUT2D eigenvalue weighted by Crippen LogP contribution is 2.15. The molecule has 0 amide bonds. The molecule has 0 bridgehead atoms. The number of nitrogens with zero attached hydrogens (tertiary/aromatic N) is 1. The molecule has 1 N–H and O–H groups in total. The molecule has 0 spiro atoms. The molecule has 102 valence electrons. The van der Waals surface area contributed by atoms with Gasteiger partial charge in [-0.25, -0.2) is 0 Å². The maximum Gasteiger partial charge on any atom is 0.0674 e. The summed E-state index contributed by atoms with van der Waals surface area (Å²) in [6, 6.07) is 1.26. The maximum atomic E-state index is 5.73. The Morgan fingerprint density at radius 3 is 2.82 bits per heavy atom. The fraction of sp³-hybridized carbons (Fsp3) is 1.00. The van der Waals surface area contributed by atoms with E-state index in [0.29, 0.717) is 18.2 Å². The molecular weight excluding hydrogens is 212 g/mol. The van der Waals surface area contributed by atoms with Gasteiger partial charge in [0.15, 0.2) is 0 Å². The van der Waals surface area contributed by atoms with Gasteiger partial charge in [-0.05, 0) is 39.7 Å². The first kappa shape index (κ1) is 14.9. The zero-order valence-corrected chi connectivity index (χ0v) is 12.0. The SMILES string of the molecule is CCCNC(C)CCN1CC(C)OCC1CC. The van der Waals surface area contributed by atoms with Gasteiger partial charge in [0.05, 0.1) is 12.7 Å². The van der Waals surface area contributed by atoms with Crippen LogP contribution < -0.4 is 5.32 Å². The lowest BCUT2D eigenvalue weighted by Crippen LogP contribution is -2.49. The van der Waals surface area contributed by atoms with Crippen molar-refractivity contribution in [3.05, 3.63) is 0 Å². The largest absolute Gasteiger partial charge is 0.376 e. The summed E-state index contributed by atoms with van der Waals surface area (Å²) in [7, 11) is 0. The second-order valence-corrected chi connectivity index (χ2v) is 5.34. The number of hydrogen-bond donors (Lipinski definition) is 1. The Morgan fingerprint density at radius 1 is 1.41 bits per heavy atom. The third kappa shape index (κ3) is 5.36. The van der Waals surface area contributed by atoms with Gasteiger partial charge in [0.25, 0.3) is 0 Å². The lowest BCUT2D eigenvalue weighted by Gasteiger charge is -2.38. The summed E-state index contributed by atoms with van der Waals surface area (Å²) >= 11 is 0. The fourth-order valence-corrected chi connectivity index (χ4v) is 2.41. The second kappa shape index (κ2) is 8.06. The molecule has 0 aliphatic carbocycles. The van der Waals surface area contributed by atoms with Crippen molar-refractivity contribution >= 4 is 0 Å². The zero-order valence-electron chi connectivity index (χ0n) is 12.0. The number of morpholine rings is 1. The minimum Gasteiger partial charge on any atom is -0.376 e. The van der Waals surface area contributed by atoms with E-state index in [1.807, 2.05) is 0 Å². The molecule has 1 saturated heterocycles. The van der Waals surface area contributed by atoms with E-state index in [-0.39, 0.29) is 0 Å². The van der Waals surface area contributed by atoms with Gasteiger partial charge in [0.2, 0.25) is 0 Å². The van der Waals surface area contributed by atoms with Crippen LogP contribution in [0.5, 0.6) is 0 Å². The molecule has 3 unspecified atom stereocenters. The first-order valence-electron chi connectivity index (χ1n) is 7.26. The molecule has 0 aromatic carbocycles. The molecular formula is C14H30N2O. The summed E-state index contributed by atoms with van der Waals surface area (Å²) < 4.78 is 5.73. The highest BCUT2D eigenvalue weighted by molar-refractivity contribution is 4.78. The molecule has 17 heavy (non-hydrogen) atoms. The number of rotatable bonds is 7. The highest BCUT2D eigenvalue weighted by Gasteiger charge is 2.25. The molecule has 1 aliphatic heterocycles. The number of ether oxygens (including phenoxy) is 1. The summed E-state index contributed by atoms with van der Waals surface area (Å²) in [4.78, 5) is 2.61. The molecule has 0 aromatic rings. The lowest BCUT2D eigenvalue weighted by atomic mass is 10.1. The van der Waals surface area contributed by atoms with Crippen LogP contribution in [0.1, 0.15) is 47.0 Å². The van der Waals surface area contributed by atoms with E-state index in [1.165, 1.54) is 25.8 Å². The minimum absolute atomic E-state index is 0.400. The van der Waals surface area contributed by atoms with Crippen LogP contribution in [-0.4, -0.2) is 49.3 Å². The van der Waals surface area contributed by atoms with Crippen molar-refractivity contribution in [3.63, 3.8) is 0 Å². The van der Waals surface area contributed by atoms with E-state index in [9.17, 15) is 0 Å². The Bertz CT molecular complexity index is 199. The van der Waals surface area contributed by atoms with E-state index in [4.69, 9.17) is 4.74 Å². The molecule has 1 fully saturated rings. The van der Waals surface area contributed by atoms with Crippen molar-refractivity contribution in [1.82, 2.24) is 10.2 Å². The molecule has 3 atom stereocenters. The van der Waals surface area contributed by atoms with E-state index in [0.717, 1.165) is 19.7 Å². The van der Waals surface area contributed by atoms with Crippen LogP contribution in [0, 0.1) is 0 Å². The van der Waals surface area contributed by atoms with Crippen LogP contribution in [0.3, 0.4) is 0 Å². The summed E-state index contributed by atoms with van der Waals surface area (Å²) in [5.41, 5.74) is 0. The normalized spacial score (nSPS) is 28.2. The molecule has 0 aromatic heterocycles. The Labute approximate surface area is 107 Å². The summed E-state index contributed by atoms with van der Waals surface area (Å²) in [5.74, 6) is 0. The van der Waals surface area contributed by atoms with Gasteiger partial charge in [-0.1, -0.05) is 13.8 Å². The summed E-state index contributed by atoms with van der Waals surface area (Å²) in [6.45, 7) is 13.3. The predicted octanol–water partition coefficient (Wildman–Crippen LogP) is 2.26. The topological polar surface area (TPSA) is 24.5 Å². The molecule has 0 radical (unpaired) electrons. The average molecular weight is 242 g/mol. The van der Waals surface area contributed by atoms with Crippen molar-refractivity contribution in [2.75, 3.05) is 26.2 Å². The molecule has 1 heterocycles. The Morgan fingerprint density at radius 2 is 2.18 bits per heavy atom. The standard InChI is InChI=1S/C14H30N2O/c1-5-8-15-12(3)7-9-16-10-13(4)17-11-14(16)6-2/h12-15H,5-11H2,1-4H3. The van der Waals surface area contributed by atoms with E-state index < -0.39 is 0 Å². The van der Waals surface area contributed by atoms with Crippen molar-refractivity contribution in [2.24, 2.45) is 0 Å². The fourth-order valence-electron chi connectivity index (χ4n) is 2.41. The maximum absolute atomic E-state index is 5.73. The number of nitrogens with one attached hydrogen (secondary N) is 1. The Hall–Kier alpha value is -0.120. The van der Waals surface area contributed by atoms with Crippen molar-refractivity contribution in [2.45, 2.75) is 65.1 Å². The minimum atomic E-state index is 0.400. The van der Waals surface area contributed by atoms with E-state index in [1.54, 1.807) is 0 Å². The van der Waals surface area contributed by atoms with Gasteiger partial charge in [-0.3, -0.25) is 4.90 Å². The van der Waals surface area contributed by atoms with Crippen LogP contribution in [-0.2, 0) is 4.74 Å². The molecule has 3 nitrogen and oxygen atoms in total. The highest BCUT2D eigenvalue weighted by atomic mass is 16.5. The van der Waals surface area contributed by atoms with Gasteiger partial charge in [0, 0.05) is 25.2 Å². The molecule has 1 aliphatic rings. The third-order valence-corrected chi connectivity index (χ3v) is 3.64. The lowest BCUT2D eigenvalue weighted by molar-refractivity contribution is -0.0565. The van der Waals surface area contributed by atoms with Crippen LogP contribution in [0.15, 0.2) is 0 Å². The number of hydrogen-bond acceptors (Lipinski definition) is 3. The van der Waals surface area contributed by atoms with Crippen LogP contribution in [0.4, 0.5) is 0 Å². The van der Waals surface area contributed by atoms with Gasteiger partial charge >= 0.3 is 0 Å².